The Morgan fingerprint density at radius 1 is 1.29 bits per heavy atom. The van der Waals surface area contributed by atoms with Gasteiger partial charge in [0.25, 0.3) is 0 Å². The highest BCUT2D eigenvalue weighted by molar-refractivity contribution is 5.69. The first-order chi connectivity index (χ1) is 7.87. The number of likely N-dealkylation sites (tertiary alicyclic amines) is 1. The Labute approximate surface area is 98.0 Å². The molecule has 1 fully saturated rings. The SMILES string of the molecule is O=C(O)CN(CCN1CCCC1)CC(F)(F)F. The van der Waals surface area contributed by atoms with E-state index >= 15 is 0 Å². The van der Waals surface area contributed by atoms with Crippen molar-refractivity contribution in [2.45, 2.75) is 19.0 Å². The van der Waals surface area contributed by atoms with Crippen LogP contribution in [-0.4, -0.2) is 66.3 Å². The van der Waals surface area contributed by atoms with Crippen LogP contribution < -0.4 is 0 Å². The second kappa shape index (κ2) is 6.20. The summed E-state index contributed by atoms with van der Waals surface area (Å²) >= 11 is 0. The van der Waals surface area contributed by atoms with Gasteiger partial charge in [-0.3, -0.25) is 9.69 Å². The molecule has 1 N–H and O–H groups in total. The largest absolute Gasteiger partial charge is 0.480 e. The van der Waals surface area contributed by atoms with E-state index < -0.39 is 25.2 Å². The summed E-state index contributed by atoms with van der Waals surface area (Å²) in [6.07, 6.45) is -2.21. The lowest BCUT2D eigenvalue weighted by Gasteiger charge is -2.24. The predicted octanol–water partition coefficient (Wildman–Crippen LogP) is 1.03. The molecule has 0 aromatic rings. The fraction of sp³-hybridized carbons (Fsp3) is 0.900. The summed E-state index contributed by atoms with van der Waals surface area (Å²) in [6.45, 7) is 0.718. The van der Waals surface area contributed by atoms with E-state index in [9.17, 15) is 18.0 Å². The van der Waals surface area contributed by atoms with Crippen molar-refractivity contribution in [2.75, 3.05) is 39.3 Å². The third kappa shape index (κ3) is 6.48. The topological polar surface area (TPSA) is 43.8 Å². The van der Waals surface area contributed by atoms with Gasteiger partial charge in [-0.25, -0.2) is 0 Å². The van der Waals surface area contributed by atoms with Crippen molar-refractivity contribution in [3.63, 3.8) is 0 Å². The van der Waals surface area contributed by atoms with Crippen LogP contribution in [0.25, 0.3) is 0 Å². The van der Waals surface area contributed by atoms with E-state index in [4.69, 9.17) is 5.11 Å². The van der Waals surface area contributed by atoms with Crippen molar-refractivity contribution in [1.82, 2.24) is 9.80 Å². The van der Waals surface area contributed by atoms with Gasteiger partial charge in [0.15, 0.2) is 0 Å². The summed E-state index contributed by atoms with van der Waals surface area (Å²) in [5.74, 6) is -1.23. The summed E-state index contributed by atoms with van der Waals surface area (Å²) in [6, 6.07) is 0. The van der Waals surface area contributed by atoms with Crippen molar-refractivity contribution in [3.05, 3.63) is 0 Å². The van der Waals surface area contributed by atoms with Crippen molar-refractivity contribution < 1.29 is 23.1 Å². The van der Waals surface area contributed by atoms with Crippen molar-refractivity contribution in [1.29, 1.82) is 0 Å². The molecule has 17 heavy (non-hydrogen) atoms. The van der Waals surface area contributed by atoms with Gasteiger partial charge in [-0.05, 0) is 25.9 Å². The van der Waals surface area contributed by atoms with Crippen molar-refractivity contribution in [3.8, 4) is 0 Å². The highest BCUT2D eigenvalue weighted by Gasteiger charge is 2.31. The number of aliphatic carboxylic acids is 1. The third-order valence-electron chi connectivity index (χ3n) is 2.69. The van der Waals surface area contributed by atoms with E-state index in [0.717, 1.165) is 30.8 Å². The van der Waals surface area contributed by atoms with E-state index in [0.29, 0.717) is 6.54 Å². The Morgan fingerprint density at radius 2 is 1.88 bits per heavy atom. The molecule has 1 aliphatic rings. The third-order valence-corrected chi connectivity index (χ3v) is 2.69. The standard InChI is InChI=1S/C10H17F3N2O2/c11-10(12,13)8-15(7-9(16)17)6-5-14-3-1-2-4-14/h1-8H2,(H,16,17). The lowest BCUT2D eigenvalue weighted by Crippen LogP contribution is -2.42. The molecule has 1 saturated heterocycles. The Hall–Kier alpha value is -0.820. The van der Waals surface area contributed by atoms with Crippen molar-refractivity contribution in [2.24, 2.45) is 0 Å². The number of carboxylic acid groups (broad SMARTS) is 1. The molecule has 100 valence electrons. The molecule has 0 radical (unpaired) electrons. The van der Waals surface area contributed by atoms with Gasteiger partial charge in [-0.15, -0.1) is 0 Å². The summed E-state index contributed by atoms with van der Waals surface area (Å²) in [5.41, 5.74) is 0. The molecule has 0 spiro atoms. The minimum Gasteiger partial charge on any atom is -0.480 e. The van der Waals surface area contributed by atoms with Gasteiger partial charge in [-0.2, -0.15) is 13.2 Å². The van der Waals surface area contributed by atoms with Crippen LogP contribution in [-0.2, 0) is 4.79 Å². The van der Waals surface area contributed by atoms with Crippen LogP contribution in [0.5, 0.6) is 0 Å². The molecule has 1 heterocycles. The maximum Gasteiger partial charge on any atom is 0.401 e. The Morgan fingerprint density at radius 3 is 2.35 bits per heavy atom. The normalized spacial score (nSPS) is 17.9. The number of hydrogen-bond donors (Lipinski definition) is 1. The van der Waals surface area contributed by atoms with Crippen LogP contribution in [0.2, 0.25) is 0 Å². The molecule has 0 amide bonds. The molecule has 0 aromatic carbocycles. The van der Waals surface area contributed by atoms with Gasteiger partial charge in [-0.1, -0.05) is 0 Å². The first-order valence-corrected chi connectivity index (χ1v) is 5.60. The average molecular weight is 254 g/mol. The van der Waals surface area contributed by atoms with E-state index in [1.54, 1.807) is 0 Å². The van der Waals surface area contributed by atoms with Gasteiger partial charge in [0.1, 0.15) is 0 Å². The summed E-state index contributed by atoms with van der Waals surface area (Å²) < 4.78 is 36.6. The Bertz CT molecular complexity index is 252. The minimum absolute atomic E-state index is 0.145. The van der Waals surface area contributed by atoms with E-state index in [1.165, 1.54) is 0 Å². The number of halogens is 3. The van der Waals surface area contributed by atoms with Gasteiger partial charge >= 0.3 is 12.1 Å². The predicted molar refractivity (Wildman–Crippen MR) is 55.8 cm³/mol. The van der Waals surface area contributed by atoms with Crippen LogP contribution in [0.4, 0.5) is 13.2 Å². The first kappa shape index (κ1) is 14.2. The quantitative estimate of drug-likeness (QED) is 0.769. The summed E-state index contributed by atoms with van der Waals surface area (Å²) in [4.78, 5) is 13.5. The van der Waals surface area contributed by atoms with Gasteiger partial charge in [0, 0.05) is 13.1 Å². The lowest BCUT2D eigenvalue weighted by molar-refractivity contribution is -0.154. The smallest absolute Gasteiger partial charge is 0.401 e. The summed E-state index contributed by atoms with van der Waals surface area (Å²) in [7, 11) is 0. The Balaban J connectivity index is 2.36. The maximum atomic E-state index is 12.2. The number of carboxylic acids is 1. The molecule has 0 unspecified atom stereocenters. The molecule has 4 nitrogen and oxygen atoms in total. The molecule has 0 bridgehead atoms. The highest BCUT2D eigenvalue weighted by atomic mass is 19.4. The number of rotatable bonds is 6. The highest BCUT2D eigenvalue weighted by Crippen LogP contribution is 2.16. The lowest BCUT2D eigenvalue weighted by atomic mass is 10.4. The minimum atomic E-state index is -4.35. The molecule has 0 atom stereocenters. The second-order valence-electron chi connectivity index (χ2n) is 4.27. The number of nitrogens with zero attached hydrogens (tertiary/aromatic N) is 2. The number of carbonyl (C=O) groups is 1. The van der Waals surface area contributed by atoms with Crippen LogP contribution in [0.1, 0.15) is 12.8 Å². The number of hydrogen-bond acceptors (Lipinski definition) is 3. The fourth-order valence-electron chi connectivity index (χ4n) is 1.95. The van der Waals surface area contributed by atoms with Crippen molar-refractivity contribution >= 4 is 5.97 Å². The monoisotopic (exact) mass is 254 g/mol. The number of alkyl halides is 3. The first-order valence-electron chi connectivity index (χ1n) is 5.60. The van der Waals surface area contributed by atoms with Gasteiger partial charge < -0.3 is 10.0 Å². The zero-order valence-corrected chi connectivity index (χ0v) is 9.54. The fourth-order valence-corrected chi connectivity index (χ4v) is 1.95. The van der Waals surface area contributed by atoms with Crippen LogP contribution in [0.3, 0.4) is 0 Å². The van der Waals surface area contributed by atoms with E-state index in [-0.39, 0.29) is 6.54 Å². The molecule has 1 rings (SSSR count). The Kier molecular flexibility index (Phi) is 5.20. The summed E-state index contributed by atoms with van der Waals surface area (Å²) in [5, 5.41) is 8.55. The second-order valence-corrected chi connectivity index (χ2v) is 4.27. The molecule has 0 aliphatic carbocycles. The maximum absolute atomic E-state index is 12.2. The van der Waals surface area contributed by atoms with Gasteiger partial charge in [0.2, 0.25) is 0 Å². The molecular weight excluding hydrogens is 237 g/mol. The molecule has 0 aromatic heterocycles. The van der Waals surface area contributed by atoms with Gasteiger partial charge in [0.05, 0.1) is 13.1 Å². The average Bonchev–Trinajstić information content (AvgIpc) is 2.62. The van der Waals surface area contributed by atoms with Crippen LogP contribution in [0, 0.1) is 0 Å². The molecule has 0 saturated carbocycles. The zero-order valence-electron chi connectivity index (χ0n) is 9.54. The molecular formula is C10H17F3N2O2. The van der Waals surface area contributed by atoms with E-state index in [2.05, 4.69) is 4.90 Å². The zero-order chi connectivity index (χ0) is 12.9. The van der Waals surface area contributed by atoms with E-state index in [1.807, 2.05) is 0 Å². The van der Waals surface area contributed by atoms with Crippen LogP contribution in [0.15, 0.2) is 0 Å². The molecule has 7 heteroatoms. The molecule has 1 aliphatic heterocycles. The van der Waals surface area contributed by atoms with Crippen LogP contribution >= 0.6 is 0 Å².